The fraction of sp³-hybridized carbons (Fsp3) is 0.200. The zero-order valence-electron chi connectivity index (χ0n) is 15.5. The molecule has 1 N–H and O–H groups in total. The topological polar surface area (TPSA) is 86.0 Å². The zero-order valence-corrected chi connectivity index (χ0v) is 15.5. The smallest absolute Gasteiger partial charge is 0.351 e. The van der Waals surface area contributed by atoms with Crippen molar-refractivity contribution in [2.24, 2.45) is 0 Å². The molecule has 0 atom stereocenters. The number of aromatic nitrogens is 3. The molecule has 0 aliphatic heterocycles. The van der Waals surface area contributed by atoms with Gasteiger partial charge in [0.05, 0.1) is 12.2 Å². The number of nitrogens with zero attached hydrogens (tertiary/aromatic N) is 3. The number of aryl methyl sites for hydroxylation is 1. The molecule has 0 unspecified atom stereocenters. The summed E-state index contributed by atoms with van der Waals surface area (Å²) in [4.78, 5) is 38.0. The van der Waals surface area contributed by atoms with Gasteiger partial charge in [0.2, 0.25) is 5.69 Å². The van der Waals surface area contributed by atoms with E-state index in [1.165, 1.54) is 24.3 Å². The highest BCUT2D eigenvalue weighted by atomic mass is 19.1. The van der Waals surface area contributed by atoms with Crippen LogP contribution in [0.1, 0.15) is 28.5 Å². The van der Waals surface area contributed by atoms with Gasteiger partial charge in [0.15, 0.2) is 0 Å². The molecule has 1 amide bonds. The third-order valence-corrected chi connectivity index (χ3v) is 4.14. The fourth-order valence-electron chi connectivity index (χ4n) is 2.67. The lowest BCUT2D eigenvalue weighted by atomic mass is 10.1. The van der Waals surface area contributed by atoms with Gasteiger partial charge in [-0.1, -0.05) is 29.8 Å². The number of hydrogen-bond acceptors (Lipinski definition) is 4. The second-order valence-corrected chi connectivity index (χ2v) is 6.26. The summed E-state index contributed by atoms with van der Waals surface area (Å²) in [6.45, 7) is 3.91. The summed E-state index contributed by atoms with van der Waals surface area (Å²) in [5.41, 5.74) is 0.105. The van der Waals surface area contributed by atoms with Crippen molar-refractivity contribution in [2.75, 3.05) is 6.54 Å². The second kappa shape index (κ2) is 7.99. The van der Waals surface area contributed by atoms with E-state index >= 15 is 0 Å². The monoisotopic (exact) mass is 382 g/mol. The Kier molecular flexibility index (Phi) is 5.49. The van der Waals surface area contributed by atoms with Crippen molar-refractivity contribution in [1.82, 2.24) is 19.7 Å². The molecule has 144 valence electrons. The lowest BCUT2D eigenvalue weighted by Gasteiger charge is -2.12. The van der Waals surface area contributed by atoms with Gasteiger partial charge in [0.25, 0.3) is 11.5 Å². The summed E-state index contributed by atoms with van der Waals surface area (Å²) in [7, 11) is 0. The summed E-state index contributed by atoms with van der Waals surface area (Å²) >= 11 is 0. The predicted octanol–water partition coefficient (Wildman–Crippen LogP) is 1.64. The lowest BCUT2D eigenvalue weighted by molar-refractivity contribution is 0.0946. The van der Waals surface area contributed by atoms with E-state index in [1.807, 2.05) is 19.1 Å². The van der Waals surface area contributed by atoms with Crippen molar-refractivity contribution in [3.8, 4) is 5.69 Å². The Labute approximate surface area is 160 Å². The number of benzene rings is 2. The Morgan fingerprint density at radius 1 is 1.07 bits per heavy atom. The molecule has 3 rings (SSSR count). The molecule has 8 heteroatoms. The molecule has 3 aromatic rings. The van der Waals surface area contributed by atoms with Crippen LogP contribution in [-0.4, -0.2) is 26.8 Å². The van der Waals surface area contributed by atoms with E-state index in [9.17, 15) is 18.8 Å². The number of hydrogen-bond donors (Lipinski definition) is 1. The molecule has 7 nitrogen and oxygen atoms in total. The van der Waals surface area contributed by atoms with Crippen LogP contribution in [0.2, 0.25) is 0 Å². The van der Waals surface area contributed by atoms with Crippen LogP contribution in [0, 0.1) is 12.7 Å². The standard InChI is InChI=1S/C20H19FN4O3/c1-3-22-18(26)17-19(27)24(12-14-6-4-13(2)5-7-14)20(28)25(23-17)16-10-8-15(21)9-11-16/h4-11H,3,12H2,1-2H3,(H,22,26). The summed E-state index contributed by atoms with van der Waals surface area (Å²) in [5.74, 6) is -1.16. The third kappa shape index (κ3) is 3.90. The number of amides is 1. The minimum atomic E-state index is -0.783. The normalized spacial score (nSPS) is 10.7. The van der Waals surface area contributed by atoms with Gasteiger partial charge in [0, 0.05) is 6.54 Å². The molecule has 0 aliphatic carbocycles. The molecule has 1 heterocycles. The van der Waals surface area contributed by atoms with Crippen molar-refractivity contribution < 1.29 is 9.18 Å². The van der Waals surface area contributed by atoms with Crippen molar-refractivity contribution in [3.63, 3.8) is 0 Å². The Hall–Kier alpha value is -3.55. The summed E-state index contributed by atoms with van der Waals surface area (Å²) in [5, 5.41) is 6.46. The van der Waals surface area contributed by atoms with Gasteiger partial charge in [-0.25, -0.2) is 9.18 Å². The Balaban J connectivity index is 2.20. The van der Waals surface area contributed by atoms with Crippen LogP contribution in [0.3, 0.4) is 0 Å². The third-order valence-electron chi connectivity index (χ3n) is 4.14. The van der Waals surface area contributed by atoms with Gasteiger partial charge >= 0.3 is 5.69 Å². The molecular weight excluding hydrogens is 363 g/mol. The van der Waals surface area contributed by atoms with Gasteiger partial charge in [-0.15, -0.1) is 0 Å². The molecule has 0 fully saturated rings. The van der Waals surface area contributed by atoms with E-state index < -0.39 is 28.7 Å². The van der Waals surface area contributed by atoms with Crippen molar-refractivity contribution in [1.29, 1.82) is 0 Å². The van der Waals surface area contributed by atoms with E-state index in [1.54, 1.807) is 19.1 Å². The maximum atomic E-state index is 13.2. The van der Waals surface area contributed by atoms with Crippen LogP contribution in [0.4, 0.5) is 4.39 Å². The fourth-order valence-corrected chi connectivity index (χ4v) is 2.67. The highest BCUT2D eigenvalue weighted by Gasteiger charge is 2.20. The Morgan fingerprint density at radius 2 is 1.71 bits per heavy atom. The minimum Gasteiger partial charge on any atom is -0.351 e. The van der Waals surface area contributed by atoms with Gasteiger partial charge in [0.1, 0.15) is 5.82 Å². The van der Waals surface area contributed by atoms with E-state index in [-0.39, 0.29) is 12.2 Å². The van der Waals surface area contributed by atoms with Gasteiger partial charge in [-0.2, -0.15) is 9.78 Å². The highest BCUT2D eigenvalue weighted by molar-refractivity contribution is 5.91. The first kappa shape index (κ1) is 19.2. The molecular formula is C20H19FN4O3. The molecule has 28 heavy (non-hydrogen) atoms. The molecule has 2 aromatic carbocycles. The van der Waals surface area contributed by atoms with Crippen LogP contribution in [-0.2, 0) is 6.54 Å². The average Bonchev–Trinajstić information content (AvgIpc) is 2.68. The van der Waals surface area contributed by atoms with E-state index in [4.69, 9.17) is 0 Å². The summed E-state index contributed by atoms with van der Waals surface area (Å²) in [6.07, 6.45) is 0. The van der Waals surface area contributed by atoms with Crippen LogP contribution in [0.5, 0.6) is 0 Å². The van der Waals surface area contributed by atoms with Crippen LogP contribution >= 0.6 is 0 Å². The number of carbonyl (C=O) groups excluding carboxylic acids is 1. The predicted molar refractivity (Wildman–Crippen MR) is 102 cm³/mol. The van der Waals surface area contributed by atoms with E-state index in [0.717, 1.165) is 20.4 Å². The van der Waals surface area contributed by atoms with E-state index in [0.29, 0.717) is 6.54 Å². The molecule has 0 spiro atoms. The van der Waals surface area contributed by atoms with Crippen LogP contribution in [0.15, 0.2) is 58.1 Å². The lowest BCUT2D eigenvalue weighted by Crippen LogP contribution is -2.46. The first-order valence-corrected chi connectivity index (χ1v) is 8.74. The van der Waals surface area contributed by atoms with Crippen molar-refractivity contribution >= 4 is 5.91 Å². The highest BCUT2D eigenvalue weighted by Crippen LogP contribution is 2.07. The number of rotatable bonds is 5. The van der Waals surface area contributed by atoms with Gasteiger partial charge in [-0.3, -0.25) is 14.2 Å². The minimum absolute atomic E-state index is 0.0198. The second-order valence-electron chi connectivity index (χ2n) is 6.26. The number of halogens is 1. The Morgan fingerprint density at radius 3 is 2.32 bits per heavy atom. The van der Waals surface area contributed by atoms with Gasteiger partial charge < -0.3 is 5.32 Å². The van der Waals surface area contributed by atoms with Crippen LogP contribution in [0.25, 0.3) is 5.69 Å². The molecule has 0 radical (unpaired) electrons. The maximum Gasteiger partial charge on any atom is 0.352 e. The maximum absolute atomic E-state index is 13.2. The van der Waals surface area contributed by atoms with Gasteiger partial charge in [-0.05, 0) is 43.7 Å². The zero-order chi connectivity index (χ0) is 20.3. The number of carbonyl (C=O) groups is 1. The van der Waals surface area contributed by atoms with Crippen molar-refractivity contribution in [2.45, 2.75) is 20.4 Å². The first-order valence-electron chi connectivity index (χ1n) is 8.74. The first-order chi connectivity index (χ1) is 13.4. The van der Waals surface area contributed by atoms with E-state index in [2.05, 4.69) is 10.4 Å². The van der Waals surface area contributed by atoms with Crippen molar-refractivity contribution in [3.05, 3.63) is 92.0 Å². The average molecular weight is 382 g/mol. The van der Waals surface area contributed by atoms with Crippen LogP contribution < -0.4 is 16.6 Å². The SMILES string of the molecule is CCNC(=O)c1nn(-c2ccc(F)cc2)c(=O)n(Cc2ccc(C)cc2)c1=O. The summed E-state index contributed by atoms with van der Waals surface area (Å²) in [6, 6.07) is 12.4. The molecule has 1 aromatic heterocycles. The number of nitrogens with one attached hydrogen (secondary N) is 1. The Bertz CT molecular complexity index is 1120. The largest absolute Gasteiger partial charge is 0.352 e. The quantitative estimate of drug-likeness (QED) is 0.727. The molecule has 0 aliphatic rings. The summed E-state index contributed by atoms with van der Waals surface area (Å²) < 4.78 is 15.1. The molecule has 0 bridgehead atoms. The molecule has 0 saturated heterocycles. The molecule has 0 saturated carbocycles.